The summed E-state index contributed by atoms with van der Waals surface area (Å²) in [6.07, 6.45) is 1.95. The maximum absolute atomic E-state index is 13.3. The van der Waals surface area contributed by atoms with E-state index in [4.69, 9.17) is 11.6 Å². The van der Waals surface area contributed by atoms with E-state index in [1.54, 1.807) is 6.07 Å². The first-order valence-corrected chi connectivity index (χ1v) is 6.32. The van der Waals surface area contributed by atoms with E-state index in [-0.39, 0.29) is 17.7 Å². The van der Waals surface area contributed by atoms with Crippen LogP contribution < -0.4 is 5.32 Å². The lowest BCUT2D eigenvalue weighted by Gasteiger charge is -2.23. The Hall–Kier alpha value is -0.640. The van der Waals surface area contributed by atoms with Gasteiger partial charge < -0.3 is 10.4 Å². The summed E-state index contributed by atoms with van der Waals surface area (Å²) in [7, 11) is 0. The number of aliphatic hydroxyl groups is 1. The fourth-order valence-electron chi connectivity index (χ4n) is 1.79. The fourth-order valence-corrected chi connectivity index (χ4v) is 1.91. The third kappa shape index (κ3) is 3.95. The van der Waals surface area contributed by atoms with Crippen molar-refractivity contribution in [2.75, 3.05) is 6.61 Å². The predicted molar refractivity (Wildman–Crippen MR) is 68.7 cm³/mol. The quantitative estimate of drug-likeness (QED) is 0.822. The van der Waals surface area contributed by atoms with Gasteiger partial charge in [0.1, 0.15) is 5.82 Å². The first-order chi connectivity index (χ1) is 8.12. The van der Waals surface area contributed by atoms with Gasteiger partial charge in [-0.25, -0.2) is 4.39 Å². The molecule has 1 aromatic carbocycles. The van der Waals surface area contributed by atoms with Gasteiger partial charge in [0.25, 0.3) is 0 Å². The van der Waals surface area contributed by atoms with Crippen LogP contribution in [0.3, 0.4) is 0 Å². The van der Waals surface area contributed by atoms with Crippen LogP contribution in [0.4, 0.5) is 4.39 Å². The van der Waals surface area contributed by atoms with Gasteiger partial charge in [0.15, 0.2) is 0 Å². The minimum atomic E-state index is -0.450. The molecule has 17 heavy (non-hydrogen) atoms. The van der Waals surface area contributed by atoms with E-state index in [0.717, 1.165) is 18.4 Å². The van der Waals surface area contributed by atoms with Crippen LogP contribution in [0.5, 0.6) is 0 Å². The smallest absolute Gasteiger partial charge is 0.142 e. The Morgan fingerprint density at radius 3 is 2.47 bits per heavy atom. The van der Waals surface area contributed by atoms with E-state index in [2.05, 4.69) is 19.2 Å². The minimum absolute atomic E-state index is 0.0580. The van der Waals surface area contributed by atoms with Gasteiger partial charge in [-0.1, -0.05) is 31.5 Å². The third-order valence-corrected chi connectivity index (χ3v) is 3.26. The molecule has 1 rings (SSSR count). The van der Waals surface area contributed by atoms with Gasteiger partial charge in [0.2, 0.25) is 0 Å². The van der Waals surface area contributed by atoms with Crippen molar-refractivity contribution in [2.45, 2.75) is 38.8 Å². The molecule has 0 aliphatic carbocycles. The lowest BCUT2D eigenvalue weighted by molar-refractivity contribution is 0.230. The zero-order valence-electron chi connectivity index (χ0n) is 10.2. The van der Waals surface area contributed by atoms with Crippen molar-refractivity contribution in [3.8, 4) is 0 Å². The van der Waals surface area contributed by atoms with Gasteiger partial charge in [-0.3, -0.25) is 0 Å². The van der Waals surface area contributed by atoms with E-state index in [1.165, 1.54) is 12.1 Å². The summed E-state index contributed by atoms with van der Waals surface area (Å²) >= 11 is 5.63. The van der Waals surface area contributed by atoms with Crippen molar-refractivity contribution >= 4 is 11.6 Å². The minimum Gasteiger partial charge on any atom is -0.394 e. The van der Waals surface area contributed by atoms with Crippen LogP contribution in [0.1, 0.15) is 38.3 Å². The topological polar surface area (TPSA) is 32.3 Å². The highest BCUT2D eigenvalue weighted by molar-refractivity contribution is 6.30. The molecule has 0 bridgehead atoms. The average molecular weight is 260 g/mol. The lowest BCUT2D eigenvalue weighted by Crippen LogP contribution is -2.33. The monoisotopic (exact) mass is 259 g/mol. The Labute approximate surface area is 107 Å². The van der Waals surface area contributed by atoms with Gasteiger partial charge in [0.05, 0.1) is 17.7 Å². The SMILES string of the molecule is CCC(CC)NC(CO)c1ccc(Cl)c(F)c1. The van der Waals surface area contributed by atoms with E-state index in [9.17, 15) is 9.50 Å². The third-order valence-electron chi connectivity index (χ3n) is 2.95. The van der Waals surface area contributed by atoms with Crippen LogP contribution >= 0.6 is 11.6 Å². The maximum Gasteiger partial charge on any atom is 0.142 e. The number of nitrogens with one attached hydrogen (secondary N) is 1. The molecule has 0 saturated carbocycles. The van der Waals surface area contributed by atoms with Gasteiger partial charge in [-0.2, -0.15) is 0 Å². The molecular weight excluding hydrogens is 241 g/mol. The molecule has 2 N–H and O–H groups in total. The Bertz CT molecular complexity index is 355. The molecule has 0 heterocycles. The molecule has 0 spiro atoms. The first kappa shape index (κ1) is 14.4. The van der Waals surface area contributed by atoms with Gasteiger partial charge in [-0.05, 0) is 30.5 Å². The number of halogens is 2. The van der Waals surface area contributed by atoms with Crippen LogP contribution in [0.25, 0.3) is 0 Å². The molecule has 2 nitrogen and oxygen atoms in total. The van der Waals surface area contributed by atoms with Crippen molar-refractivity contribution in [3.05, 3.63) is 34.6 Å². The molecular formula is C13H19ClFNO. The van der Waals surface area contributed by atoms with Crippen molar-refractivity contribution in [1.82, 2.24) is 5.32 Å². The summed E-state index contributed by atoms with van der Waals surface area (Å²) in [6, 6.07) is 4.71. The van der Waals surface area contributed by atoms with Crippen molar-refractivity contribution in [2.24, 2.45) is 0 Å². The summed E-state index contributed by atoms with van der Waals surface area (Å²) < 4.78 is 13.3. The van der Waals surface area contributed by atoms with Crippen LogP contribution in [-0.4, -0.2) is 17.8 Å². The highest BCUT2D eigenvalue weighted by Gasteiger charge is 2.15. The zero-order chi connectivity index (χ0) is 12.8. The molecule has 0 amide bonds. The zero-order valence-corrected chi connectivity index (χ0v) is 11.0. The summed E-state index contributed by atoms with van der Waals surface area (Å²) in [5.41, 5.74) is 0.723. The molecule has 0 aromatic heterocycles. The van der Waals surface area contributed by atoms with Gasteiger partial charge >= 0.3 is 0 Å². The number of hydrogen-bond acceptors (Lipinski definition) is 2. The van der Waals surface area contributed by atoms with Crippen molar-refractivity contribution < 1.29 is 9.50 Å². The molecule has 4 heteroatoms. The molecule has 0 aliphatic heterocycles. The Morgan fingerprint density at radius 1 is 1.35 bits per heavy atom. The standard InChI is InChI=1S/C13H19ClFNO/c1-3-10(4-2)16-13(8-17)9-5-6-11(14)12(15)7-9/h5-7,10,13,16-17H,3-4,8H2,1-2H3. The molecule has 96 valence electrons. The second kappa shape index (κ2) is 6.94. The molecule has 1 unspecified atom stereocenters. The summed E-state index contributed by atoms with van der Waals surface area (Å²) in [6.45, 7) is 4.10. The summed E-state index contributed by atoms with van der Waals surface area (Å²) in [4.78, 5) is 0. The molecule has 0 fully saturated rings. The van der Waals surface area contributed by atoms with E-state index < -0.39 is 5.82 Å². The van der Waals surface area contributed by atoms with Gasteiger partial charge in [-0.15, -0.1) is 0 Å². The lowest BCUT2D eigenvalue weighted by atomic mass is 10.0. The Morgan fingerprint density at radius 2 is 2.00 bits per heavy atom. The van der Waals surface area contributed by atoms with Crippen LogP contribution in [0.15, 0.2) is 18.2 Å². The van der Waals surface area contributed by atoms with Crippen molar-refractivity contribution in [1.29, 1.82) is 0 Å². The average Bonchev–Trinajstić information content (AvgIpc) is 2.35. The van der Waals surface area contributed by atoms with E-state index >= 15 is 0 Å². The molecule has 1 atom stereocenters. The number of aliphatic hydroxyl groups excluding tert-OH is 1. The van der Waals surface area contributed by atoms with Crippen LogP contribution in [-0.2, 0) is 0 Å². The van der Waals surface area contributed by atoms with E-state index in [0.29, 0.717) is 6.04 Å². The molecule has 0 saturated heterocycles. The van der Waals surface area contributed by atoms with Crippen LogP contribution in [0, 0.1) is 5.82 Å². The number of rotatable bonds is 6. The first-order valence-electron chi connectivity index (χ1n) is 5.94. The Kier molecular flexibility index (Phi) is 5.89. The van der Waals surface area contributed by atoms with Crippen molar-refractivity contribution in [3.63, 3.8) is 0 Å². The fraction of sp³-hybridized carbons (Fsp3) is 0.538. The largest absolute Gasteiger partial charge is 0.394 e. The second-order valence-electron chi connectivity index (χ2n) is 4.09. The normalized spacial score (nSPS) is 13.1. The number of hydrogen-bond donors (Lipinski definition) is 2. The molecule has 0 radical (unpaired) electrons. The highest BCUT2D eigenvalue weighted by Crippen LogP contribution is 2.21. The number of benzene rings is 1. The van der Waals surface area contributed by atoms with E-state index in [1.807, 2.05) is 0 Å². The Balaban J connectivity index is 2.82. The molecule has 0 aliphatic rings. The maximum atomic E-state index is 13.3. The summed E-state index contributed by atoms with van der Waals surface area (Å²) in [5.74, 6) is -0.450. The summed E-state index contributed by atoms with van der Waals surface area (Å²) in [5, 5.41) is 12.8. The molecule has 1 aromatic rings. The predicted octanol–water partition coefficient (Wildman–Crippen LogP) is 3.29. The highest BCUT2D eigenvalue weighted by atomic mass is 35.5. The van der Waals surface area contributed by atoms with Gasteiger partial charge in [0, 0.05) is 6.04 Å². The second-order valence-corrected chi connectivity index (χ2v) is 4.50. The van der Waals surface area contributed by atoms with Crippen LogP contribution in [0.2, 0.25) is 5.02 Å².